The Labute approximate surface area is 150 Å². The summed E-state index contributed by atoms with van der Waals surface area (Å²) in [5.74, 6) is 0.445. The molecule has 8 heteroatoms. The first kappa shape index (κ1) is 17.9. The van der Waals surface area contributed by atoms with Crippen molar-refractivity contribution in [2.75, 3.05) is 7.11 Å². The highest BCUT2D eigenvalue weighted by Gasteiger charge is 2.45. The number of amides is 1. The van der Waals surface area contributed by atoms with E-state index in [0.717, 1.165) is 17.7 Å². The fraction of sp³-hybridized carbons (Fsp3) is 0.444. The molecule has 0 bridgehead atoms. The minimum absolute atomic E-state index is 0.218. The van der Waals surface area contributed by atoms with Gasteiger partial charge in [-0.2, -0.15) is 4.98 Å². The van der Waals surface area contributed by atoms with E-state index >= 15 is 0 Å². The molecular formula is C18H21N3O5. The smallest absolute Gasteiger partial charge is 0.329 e. The van der Waals surface area contributed by atoms with Gasteiger partial charge in [0.2, 0.25) is 17.6 Å². The number of benzene rings is 1. The van der Waals surface area contributed by atoms with Gasteiger partial charge in [0.05, 0.1) is 7.11 Å². The number of nitrogens with one attached hydrogen (secondary N) is 1. The van der Waals surface area contributed by atoms with Crippen LogP contribution < -0.4 is 10.1 Å². The molecule has 2 aromatic rings. The summed E-state index contributed by atoms with van der Waals surface area (Å²) in [7, 11) is 1.60. The Kier molecular flexibility index (Phi) is 5.20. The maximum Gasteiger partial charge on any atom is 0.329 e. The lowest BCUT2D eigenvalue weighted by molar-refractivity contribution is -0.151. The third kappa shape index (κ3) is 3.84. The Bertz CT molecular complexity index is 780. The molecule has 0 spiro atoms. The first-order chi connectivity index (χ1) is 12.5. The van der Waals surface area contributed by atoms with Crippen molar-refractivity contribution < 1.29 is 24.0 Å². The topological polar surface area (TPSA) is 115 Å². The molecule has 2 N–H and O–H groups in total. The number of carbonyl (C=O) groups excluding carboxylic acids is 1. The quantitative estimate of drug-likeness (QED) is 0.742. The molecule has 0 saturated heterocycles. The SMILES string of the molecule is COc1ccc(-c2noc(CCCC(=O)NC3(C(=O)O)CCC3)n2)cc1. The summed E-state index contributed by atoms with van der Waals surface area (Å²) >= 11 is 0. The van der Waals surface area contributed by atoms with Crippen LogP contribution in [0.5, 0.6) is 5.75 Å². The van der Waals surface area contributed by atoms with Crippen LogP contribution >= 0.6 is 0 Å². The van der Waals surface area contributed by atoms with E-state index in [0.29, 0.717) is 37.4 Å². The van der Waals surface area contributed by atoms with Crippen LogP contribution in [0.3, 0.4) is 0 Å². The van der Waals surface area contributed by atoms with Gasteiger partial charge in [-0.3, -0.25) is 4.79 Å². The fourth-order valence-corrected chi connectivity index (χ4v) is 2.87. The number of aryl methyl sites for hydroxylation is 1. The molecule has 0 unspecified atom stereocenters. The molecule has 0 radical (unpaired) electrons. The lowest BCUT2D eigenvalue weighted by Gasteiger charge is -2.38. The number of rotatable bonds is 8. The van der Waals surface area contributed by atoms with Crippen molar-refractivity contribution in [2.24, 2.45) is 0 Å². The second kappa shape index (κ2) is 7.55. The number of carboxylic acid groups (broad SMARTS) is 1. The summed E-state index contributed by atoms with van der Waals surface area (Å²) in [5, 5.41) is 15.8. The monoisotopic (exact) mass is 359 g/mol. The third-order valence-electron chi connectivity index (χ3n) is 4.61. The number of aromatic nitrogens is 2. The van der Waals surface area contributed by atoms with Crippen molar-refractivity contribution in [3.8, 4) is 17.1 Å². The van der Waals surface area contributed by atoms with E-state index in [2.05, 4.69) is 15.5 Å². The minimum atomic E-state index is -1.07. The van der Waals surface area contributed by atoms with Gasteiger partial charge in [0.25, 0.3) is 0 Å². The summed E-state index contributed by atoms with van der Waals surface area (Å²) in [4.78, 5) is 27.6. The number of carboxylic acids is 1. The van der Waals surface area contributed by atoms with Gasteiger partial charge in [-0.1, -0.05) is 5.16 Å². The summed E-state index contributed by atoms with van der Waals surface area (Å²) in [5.41, 5.74) is -0.254. The van der Waals surface area contributed by atoms with Gasteiger partial charge in [0.15, 0.2) is 0 Å². The number of hydrogen-bond donors (Lipinski definition) is 2. The Hall–Kier alpha value is -2.90. The molecule has 1 fully saturated rings. The van der Waals surface area contributed by atoms with E-state index in [9.17, 15) is 14.7 Å². The highest BCUT2D eigenvalue weighted by atomic mass is 16.5. The molecule has 0 atom stereocenters. The zero-order valence-electron chi connectivity index (χ0n) is 14.5. The normalized spacial score (nSPS) is 15.1. The van der Waals surface area contributed by atoms with Crippen molar-refractivity contribution >= 4 is 11.9 Å². The van der Waals surface area contributed by atoms with Gasteiger partial charge in [-0.05, 0) is 49.9 Å². The number of hydrogen-bond acceptors (Lipinski definition) is 6. The Balaban J connectivity index is 1.49. The predicted octanol–water partition coefficient (Wildman–Crippen LogP) is 2.19. The second-order valence-corrected chi connectivity index (χ2v) is 6.38. The average Bonchev–Trinajstić information content (AvgIpc) is 3.07. The molecule has 1 aromatic carbocycles. The number of aliphatic carboxylic acids is 1. The van der Waals surface area contributed by atoms with E-state index in [1.54, 1.807) is 7.11 Å². The summed E-state index contributed by atoms with van der Waals surface area (Å²) < 4.78 is 10.3. The van der Waals surface area contributed by atoms with Crippen LogP contribution in [0.1, 0.15) is 38.0 Å². The standard InChI is InChI=1S/C18H21N3O5/c1-25-13-8-6-12(7-9-13)16-19-15(26-21-16)5-2-4-14(22)20-18(17(23)24)10-3-11-18/h6-9H,2-5,10-11H2,1H3,(H,20,22)(H,23,24). The van der Waals surface area contributed by atoms with Crippen molar-refractivity contribution in [2.45, 2.75) is 44.1 Å². The molecule has 1 heterocycles. The first-order valence-electron chi connectivity index (χ1n) is 8.54. The van der Waals surface area contributed by atoms with Gasteiger partial charge >= 0.3 is 5.97 Å². The summed E-state index contributed by atoms with van der Waals surface area (Å²) in [6, 6.07) is 7.30. The van der Waals surface area contributed by atoms with E-state index in [1.807, 2.05) is 24.3 Å². The largest absolute Gasteiger partial charge is 0.497 e. The van der Waals surface area contributed by atoms with Crippen LogP contribution in [0.25, 0.3) is 11.4 Å². The molecule has 1 saturated carbocycles. The van der Waals surface area contributed by atoms with Crippen molar-refractivity contribution in [1.82, 2.24) is 15.5 Å². The zero-order chi connectivity index (χ0) is 18.6. The average molecular weight is 359 g/mol. The lowest BCUT2D eigenvalue weighted by atomic mass is 9.76. The molecule has 1 aliphatic carbocycles. The van der Waals surface area contributed by atoms with E-state index < -0.39 is 11.5 Å². The van der Waals surface area contributed by atoms with Gasteiger partial charge in [0, 0.05) is 18.4 Å². The molecule has 1 aromatic heterocycles. The Morgan fingerprint density at radius 3 is 2.62 bits per heavy atom. The van der Waals surface area contributed by atoms with Gasteiger partial charge in [-0.15, -0.1) is 0 Å². The van der Waals surface area contributed by atoms with Crippen molar-refractivity contribution in [3.63, 3.8) is 0 Å². The molecule has 8 nitrogen and oxygen atoms in total. The maximum atomic E-state index is 12.0. The van der Waals surface area contributed by atoms with Crippen LogP contribution in [0.15, 0.2) is 28.8 Å². The highest BCUT2D eigenvalue weighted by Crippen LogP contribution is 2.32. The molecular weight excluding hydrogens is 338 g/mol. The fourth-order valence-electron chi connectivity index (χ4n) is 2.87. The zero-order valence-corrected chi connectivity index (χ0v) is 14.5. The number of methoxy groups -OCH3 is 1. The lowest BCUT2D eigenvalue weighted by Crippen LogP contribution is -2.59. The minimum Gasteiger partial charge on any atom is -0.497 e. The number of ether oxygens (including phenoxy) is 1. The summed E-state index contributed by atoms with van der Waals surface area (Å²) in [6.07, 6.45) is 2.98. The van der Waals surface area contributed by atoms with Crippen molar-refractivity contribution in [1.29, 1.82) is 0 Å². The Morgan fingerprint density at radius 1 is 1.31 bits per heavy atom. The van der Waals surface area contributed by atoms with E-state index in [-0.39, 0.29) is 12.3 Å². The maximum absolute atomic E-state index is 12.0. The molecule has 0 aliphatic heterocycles. The second-order valence-electron chi connectivity index (χ2n) is 6.38. The van der Waals surface area contributed by atoms with Gasteiger partial charge in [0.1, 0.15) is 11.3 Å². The molecule has 26 heavy (non-hydrogen) atoms. The van der Waals surface area contributed by atoms with Crippen LogP contribution in [0.4, 0.5) is 0 Å². The van der Waals surface area contributed by atoms with E-state index in [4.69, 9.17) is 9.26 Å². The molecule has 3 rings (SSSR count). The van der Waals surface area contributed by atoms with Gasteiger partial charge in [-0.25, -0.2) is 4.79 Å². The van der Waals surface area contributed by atoms with Crippen LogP contribution in [0, 0.1) is 0 Å². The van der Waals surface area contributed by atoms with Gasteiger partial charge < -0.3 is 19.7 Å². The number of carbonyl (C=O) groups is 2. The molecule has 138 valence electrons. The Morgan fingerprint density at radius 2 is 2.04 bits per heavy atom. The first-order valence-corrected chi connectivity index (χ1v) is 8.54. The van der Waals surface area contributed by atoms with Crippen LogP contribution in [0.2, 0.25) is 0 Å². The summed E-state index contributed by atoms with van der Waals surface area (Å²) in [6.45, 7) is 0. The highest BCUT2D eigenvalue weighted by molar-refractivity contribution is 5.87. The predicted molar refractivity (Wildman–Crippen MR) is 91.6 cm³/mol. The van der Waals surface area contributed by atoms with Crippen LogP contribution in [-0.2, 0) is 16.0 Å². The molecule has 1 amide bonds. The molecule has 1 aliphatic rings. The van der Waals surface area contributed by atoms with E-state index in [1.165, 1.54) is 0 Å². The third-order valence-corrected chi connectivity index (χ3v) is 4.61. The number of nitrogens with zero attached hydrogens (tertiary/aromatic N) is 2. The van der Waals surface area contributed by atoms with Crippen LogP contribution in [-0.4, -0.2) is 39.8 Å². The van der Waals surface area contributed by atoms with Crippen molar-refractivity contribution in [3.05, 3.63) is 30.2 Å².